The number of hydrogen-bond acceptors (Lipinski definition) is 3. The van der Waals surface area contributed by atoms with Crippen molar-refractivity contribution in [3.05, 3.63) is 58.8 Å². The zero-order valence-electron chi connectivity index (χ0n) is 16.1. The van der Waals surface area contributed by atoms with Crippen LogP contribution >= 0.6 is 0 Å². The highest BCUT2D eigenvalue weighted by atomic mass is 32.2. The summed E-state index contributed by atoms with van der Waals surface area (Å²) >= 11 is 0. The summed E-state index contributed by atoms with van der Waals surface area (Å²) in [7, 11) is -0.0778. The summed E-state index contributed by atoms with van der Waals surface area (Å²) in [5, 5.41) is 1.13. The standard InChI is InChI=1S/C21H24N2O3S/c1-14-11-20(26-4)21(12-15(14)2)27(24,25)23-10-9-19-17(13-23)16-7-5-6-8-18(16)22(19)3/h5-8,11-12H,9-10,13H2,1-4H3. The van der Waals surface area contributed by atoms with Gasteiger partial charge < -0.3 is 9.30 Å². The Bertz CT molecular complexity index is 1150. The van der Waals surface area contributed by atoms with Gasteiger partial charge in [0.25, 0.3) is 0 Å². The average molecular weight is 385 g/mol. The molecule has 27 heavy (non-hydrogen) atoms. The van der Waals surface area contributed by atoms with E-state index in [2.05, 4.69) is 23.7 Å². The minimum atomic E-state index is -3.65. The van der Waals surface area contributed by atoms with Gasteiger partial charge in [-0.1, -0.05) is 18.2 Å². The summed E-state index contributed by atoms with van der Waals surface area (Å²) in [6.07, 6.45) is 0.701. The lowest BCUT2D eigenvalue weighted by Crippen LogP contribution is -2.36. The van der Waals surface area contributed by atoms with Gasteiger partial charge in [-0.3, -0.25) is 0 Å². The molecule has 0 atom stereocenters. The molecule has 0 fully saturated rings. The van der Waals surface area contributed by atoms with E-state index in [1.165, 1.54) is 12.8 Å². The van der Waals surface area contributed by atoms with Crippen LogP contribution in [0.15, 0.2) is 41.3 Å². The molecule has 6 heteroatoms. The summed E-state index contributed by atoms with van der Waals surface area (Å²) < 4.78 is 36.0. The molecule has 0 saturated carbocycles. The number of hydrogen-bond donors (Lipinski definition) is 0. The molecule has 0 saturated heterocycles. The minimum absolute atomic E-state index is 0.247. The van der Waals surface area contributed by atoms with Crippen molar-refractivity contribution < 1.29 is 13.2 Å². The molecule has 1 aromatic heterocycles. The minimum Gasteiger partial charge on any atom is -0.495 e. The van der Waals surface area contributed by atoms with Gasteiger partial charge in [0.15, 0.2) is 0 Å². The third-order valence-electron chi connectivity index (χ3n) is 5.67. The fourth-order valence-corrected chi connectivity index (χ4v) is 5.61. The van der Waals surface area contributed by atoms with E-state index < -0.39 is 10.0 Å². The number of ether oxygens (including phenoxy) is 1. The second-order valence-electron chi connectivity index (χ2n) is 7.18. The Morgan fingerprint density at radius 2 is 1.78 bits per heavy atom. The fraction of sp³-hybridized carbons (Fsp3) is 0.333. The van der Waals surface area contributed by atoms with Crippen LogP contribution in [-0.2, 0) is 30.0 Å². The lowest BCUT2D eigenvalue weighted by molar-refractivity contribution is 0.375. The van der Waals surface area contributed by atoms with Gasteiger partial charge in [-0.05, 0) is 48.7 Å². The number of aryl methyl sites for hydroxylation is 3. The monoisotopic (exact) mass is 384 g/mol. The van der Waals surface area contributed by atoms with Gasteiger partial charge in [-0.2, -0.15) is 4.31 Å². The molecule has 1 aliphatic rings. The first-order valence-corrected chi connectivity index (χ1v) is 10.5. The molecule has 0 amide bonds. The number of fused-ring (bicyclic) bond motifs is 3. The van der Waals surface area contributed by atoms with Gasteiger partial charge in [-0.25, -0.2) is 8.42 Å². The van der Waals surface area contributed by atoms with E-state index in [0.717, 1.165) is 27.6 Å². The van der Waals surface area contributed by atoms with E-state index in [0.29, 0.717) is 25.3 Å². The molecule has 1 aliphatic heterocycles. The summed E-state index contributed by atoms with van der Waals surface area (Å²) in [4.78, 5) is 0.247. The zero-order valence-corrected chi connectivity index (χ0v) is 16.9. The van der Waals surface area contributed by atoms with Gasteiger partial charge in [0.1, 0.15) is 10.6 Å². The van der Waals surface area contributed by atoms with Crippen LogP contribution in [0.1, 0.15) is 22.4 Å². The molecule has 4 rings (SSSR count). The number of nitrogens with zero attached hydrogens (tertiary/aromatic N) is 2. The maximum atomic E-state index is 13.4. The first-order valence-electron chi connectivity index (χ1n) is 9.05. The third kappa shape index (κ3) is 2.75. The van der Waals surface area contributed by atoms with Crippen molar-refractivity contribution in [3.63, 3.8) is 0 Å². The second kappa shape index (κ2) is 6.39. The zero-order chi connectivity index (χ0) is 19.3. The van der Waals surface area contributed by atoms with Crippen LogP contribution in [0.4, 0.5) is 0 Å². The topological polar surface area (TPSA) is 51.5 Å². The average Bonchev–Trinajstić information content (AvgIpc) is 2.96. The molecule has 2 aromatic carbocycles. The normalized spacial score (nSPS) is 15.1. The molecular formula is C21H24N2O3S. The van der Waals surface area contributed by atoms with Crippen molar-refractivity contribution in [2.45, 2.75) is 31.7 Å². The Morgan fingerprint density at radius 1 is 1.07 bits per heavy atom. The molecule has 0 unspecified atom stereocenters. The Labute approximate surface area is 160 Å². The van der Waals surface area contributed by atoms with Crippen LogP contribution in [0.2, 0.25) is 0 Å². The predicted octanol–water partition coefficient (Wildman–Crippen LogP) is 3.55. The van der Waals surface area contributed by atoms with Gasteiger partial charge in [0, 0.05) is 43.2 Å². The quantitative estimate of drug-likeness (QED) is 0.694. The van der Waals surface area contributed by atoms with Crippen molar-refractivity contribution in [2.75, 3.05) is 13.7 Å². The third-order valence-corrected chi connectivity index (χ3v) is 7.54. The molecule has 5 nitrogen and oxygen atoms in total. The lowest BCUT2D eigenvalue weighted by atomic mass is 10.1. The SMILES string of the molecule is COc1cc(C)c(C)cc1S(=O)(=O)N1CCc2c(c3ccccc3n2C)C1. The number of para-hydroxylation sites is 1. The van der Waals surface area contributed by atoms with E-state index in [9.17, 15) is 8.42 Å². The molecule has 0 radical (unpaired) electrons. The lowest BCUT2D eigenvalue weighted by Gasteiger charge is -2.28. The molecule has 0 bridgehead atoms. The first-order chi connectivity index (χ1) is 12.8. The van der Waals surface area contributed by atoms with Crippen molar-refractivity contribution in [1.82, 2.24) is 8.87 Å². The Balaban J connectivity index is 1.80. The van der Waals surface area contributed by atoms with Crippen LogP contribution in [-0.4, -0.2) is 30.9 Å². The van der Waals surface area contributed by atoms with Gasteiger partial charge in [0.05, 0.1) is 7.11 Å². The number of aromatic nitrogens is 1. The number of methoxy groups -OCH3 is 1. The highest BCUT2D eigenvalue weighted by Crippen LogP contribution is 2.35. The van der Waals surface area contributed by atoms with Crippen molar-refractivity contribution in [1.29, 1.82) is 0 Å². The van der Waals surface area contributed by atoms with E-state index >= 15 is 0 Å². The summed E-state index contributed by atoms with van der Waals surface area (Å²) in [5.74, 6) is 0.404. The van der Waals surface area contributed by atoms with Crippen LogP contribution in [0, 0.1) is 13.8 Å². The number of sulfonamides is 1. The molecule has 3 aromatic rings. The summed E-state index contributed by atoms with van der Waals surface area (Å²) in [5.41, 5.74) is 5.42. The van der Waals surface area contributed by atoms with Crippen molar-refractivity contribution >= 4 is 20.9 Å². The highest BCUT2D eigenvalue weighted by Gasteiger charge is 2.33. The predicted molar refractivity (Wildman–Crippen MR) is 107 cm³/mol. The number of rotatable bonds is 3. The van der Waals surface area contributed by atoms with Crippen LogP contribution in [0.3, 0.4) is 0 Å². The van der Waals surface area contributed by atoms with Crippen LogP contribution in [0.25, 0.3) is 10.9 Å². The molecular weight excluding hydrogens is 360 g/mol. The highest BCUT2D eigenvalue weighted by molar-refractivity contribution is 7.89. The van der Waals surface area contributed by atoms with Gasteiger partial charge >= 0.3 is 0 Å². The smallest absolute Gasteiger partial charge is 0.247 e. The van der Waals surface area contributed by atoms with E-state index in [-0.39, 0.29) is 4.90 Å². The largest absolute Gasteiger partial charge is 0.495 e. The van der Waals surface area contributed by atoms with Crippen LogP contribution in [0.5, 0.6) is 5.75 Å². The Kier molecular flexibility index (Phi) is 4.28. The van der Waals surface area contributed by atoms with E-state index in [1.54, 1.807) is 16.4 Å². The Hall–Kier alpha value is -2.31. The number of benzene rings is 2. The fourth-order valence-electron chi connectivity index (χ4n) is 3.97. The molecule has 0 spiro atoms. The van der Waals surface area contributed by atoms with Crippen LogP contribution < -0.4 is 4.74 Å². The van der Waals surface area contributed by atoms with E-state index in [4.69, 9.17) is 4.74 Å². The summed E-state index contributed by atoms with van der Waals surface area (Å²) in [6, 6.07) is 11.7. The van der Waals surface area contributed by atoms with Gasteiger partial charge in [0.2, 0.25) is 10.0 Å². The van der Waals surface area contributed by atoms with Crippen molar-refractivity contribution in [3.8, 4) is 5.75 Å². The molecule has 0 N–H and O–H groups in total. The Morgan fingerprint density at radius 3 is 2.52 bits per heavy atom. The van der Waals surface area contributed by atoms with Crippen molar-refractivity contribution in [2.24, 2.45) is 7.05 Å². The van der Waals surface area contributed by atoms with E-state index in [1.807, 2.05) is 26.0 Å². The maximum absolute atomic E-state index is 13.4. The maximum Gasteiger partial charge on any atom is 0.247 e. The molecule has 142 valence electrons. The molecule has 0 aliphatic carbocycles. The van der Waals surface area contributed by atoms with Gasteiger partial charge in [-0.15, -0.1) is 0 Å². The summed E-state index contributed by atoms with van der Waals surface area (Å²) in [6.45, 7) is 4.73. The second-order valence-corrected chi connectivity index (χ2v) is 9.08. The molecule has 2 heterocycles. The first kappa shape index (κ1) is 18.1.